The lowest BCUT2D eigenvalue weighted by atomic mass is 10.1. The molecule has 2 aromatic rings. The van der Waals surface area contributed by atoms with Gasteiger partial charge in [-0.1, -0.05) is 12.1 Å². The highest BCUT2D eigenvalue weighted by molar-refractivity contribution is 5.64. The van der Waals surface area contributed by atoms with Crippen LogP contribution in [0, 0.1) is 24.0 Å². The number of aliphatic hydroxyl groups excluding tert-OH is 1. The molecule has 0 aliphatic heterocycles. The summed E-state index contributed by atoms with van der Waals surface area (Å²) in [7, 11) is 0. The lowest BCUT2D eigenvalue weighted by molar-refractivity contribution is -0.385. The molecule has 0 unspecified atom stereocenters. The first-order valence-electron chi connectivity index (χ1n) is 5.93. The summed E-state index contributed by atoms with van der Waals surface area (Å²) in [5, 5.41) is 24.2. The first-order valence-corrected chi connectivity index (χ1v) is 5.93. The smallest absolute Gasteiger partial charge is 0.272 e. The molecule has 1 heterocycles. The fourth-order valence-electron chi connectivity index (χ4n) is 1.94. The highest BCUT2D eigenvalue weighted by Crippen LogP contribution is 2.26. The molecule has 6 heteroatoms. The van der Waals surface area contributed by atoms with Crippen molar-refractivity contribution < 1.29 is 10.0 Å². The minimum absolute atomic E-state index is 0.00993. The van der Waals surface area contributed by atoms with Gasteiger partial charge in [-0.25, -0.2) is 0 Å². The number of aromatic nitrogens is 2. The maximum atomic E-state index is 10.9. The lowest BCUT2D eigenvalue weighted by Gasteiger charge is -2.01. The predicted octanol–water partition coefficient (Wildman–Crippen LogP) is 2.07. The van der Waals surface area contributed by atoms with E-state index in [9.17, 15) is 10.1 Å². The Bertz CT molecular complexity index is 620. The van der Waals surface area contributed by atoms with Gasteiger partial charge in [0.25, 0.3) is 5.69 Å². The standard InChI is InChI=1S/C13H15N3O3/c1-9-3-4-11(8-13(9)16(18)19)12-7-10(2)15(14-12)5-6-17/h3-4,7-8,17H,5-6H2,1-2H3. The van der Waals surface area contributed by atoms with Crippen LogP contribution in [0.3, 0.4) is 0 Å². The van der Waals surface area contributed by atoms with Crippen molar-refractivity contribution in [3.63, 3.8) is 0 Å². The Morgan fingerprint density at radius 2 is 2.11 bits per heavy atom. The normalized spacial score (nSPS) is 10.7. The van der Waals surface area contributed by atoms with Crippen LogP contribution in [0.4, 0.5) is 5.69 Å². The highest BCUT2D eigenvalue weighted by atomic mass is 16.6. The van der Waals surface area contributed by atoms with Crippen molar-refractivity contribution in [3.05, 3.63) is 45.6 Å². The number of nitrogens with zero attached hydrogens (tertiary/aromatic N) is 3. The lowest BCUT2D eigenvalue weighted by Crippen LogP contribution is -2.05. The molecule has 100 valence electrons. The van der Waals surface area contributed by atoms with Crippen LogP contribution >= 0.6 is 0 Å². The molecule has 2 rings (SSSR count). The Morgan fingerprint density at radius 1 is 1.37 bits per heavy atom. The zero-order valence-electron chi connectivity index (χ0n) is 10.8. The number of nitro groups is 1. The van der Waals surface area contributed by atoms with E-state index in [2.05, 4.69) is 5.10 Å². The Labute approximate surface area is 110 Å². The molecule has 19 heavy (non-hydrogen) atoms. The molecule has 0 bridgehead atoms. The molecule has 0 aliphatic rings. The Morgan fingerprint density at radius 3 is 2.74 bits per heavy atom. The van der Waals surface area contributed by atoms with E-state index in [-0.39, 0.29) is 12.3 Å². The molecule has 0 fully saturated rings. The van der Waals surface area contributed by atoms with Crippen molar-refractivity contribution >= 4 is 5.69 Å². The molecule has 1 N–H and O–H groups in total. The van der Waals surface area contributed by atoms with Gasteiger partial charge in [0, 0.05) is 22.9 Å². The van der Waals surface area contributed by atoms with E-state index < -0.39 is 4.92 Å². The first-order chi connectivity index (χ1) is 9.02. The SMILES string of the molecule is Cc1ccc(-c2cc(C)n(CCO)n2)cc1[N+](=O)[O-]. The van der Waals surface area contributed by atoms with Crippen LogP contribution < -0.4 is 0 Å². The monoisotopic (exact) mass is 261 g/mol. The molecule has 6 nitrogen and oxygen atoms in total. The van der Waals surface area contributed by atoms with Gasteiger partial charge in [-0.15, -0.1) is 0 Å². The number of hydrogen-bond acceptors (Lipinski definition) is 4. The van der Waals surface area contributed by atoms with Gasteiger partial charge in [0.15, 0.2) is 0 Å². The third-order valence-corrected chi connectivity index (χ3v) is 2.99. The molecule has 1 aromatic heterocycles. The van der Waals surface area contributed by atoms with E-state index in [4.69, 9.17) is 5.11 Å². The number of rotatable bonds is 4. The molecule has 0 amide bonds. The third kappa shape index (κ3) is 2.63. The third-order valence-electron chi connectivity index (χ3n) is 2.99. The van der Waals surface area contributed by atoms with E-state index >= 15 is 0 Å². The van der Waals surface area contributed by atoms with Crippen LogP contribution in [0.5, 0.6) is 0 Å². The summed E-state index contributed by atoms with van der Waals surface area (Å²) >= 11 is 0. The second-order valence-corrected chi connectivity index (χ2v) is 4.38. The van der Waals surface area contributed by atoms with Crippen molar-refractivity contribution in [3.8, 4) is 11.3 Å². The summed E-state index contributed by atoms with van der Waals surface area (Å²) in [6, 6.07) is 6.91. The van der Waals surface area contributed by atoms with Crippen LogP contribution in [0.15, 0.2) is 24.3 Å². The number of benzene rings is 1. The Kier molecular flexibility index (Phi) is 3.62. The van der Waals surface area contributed by atoms with Gasteiger partial charge in [0.1, 0.15) is 0 Å². The molecular weight excluding hydrogens is 246 g/mol. The van der Waals surface area contributed by atoms with Gasteiger partial charge in [-0.05, 0) is 19.9 Å². The average molecular weight is 261 g/mol. The topological polar surface area (TPSA) is 81.2 Å². The minimum atomic E-state index is -0.392. The van der Waals surface area contributed by atoms with Gasteiger partial charge in [-0.3, -0.25) is 14.8 Å². The van der Waals surface area contributed by atoms with Crippen LogP contribution in [0.1, 0.15) is 11.3 Å². The minimum Gasteiger partial charge on any atom is -0.394 e. The summed E-state index contributed by atoms with van der Waals surface area (Å²) in [6.07, 6.45) is 0. The van der Waals surface area contributed by atoms with Crippen LogP contribution in [-0.4, -0.2) is 26.4 Å². The van der Waals surface area contributed by atoms with E-state index in [1.54, 1.807) is 17.7 Å². The van der Waals surface area contributed by atoms with Crippen LogP contribution in [-0.2, 0) is 6.54 Å². The van der Waals surface area contributed by atoms with Crippen molar-refractivity contribution in [1.82, 2.24) is 9.78 Å². The van der Waals surface area contributed by atoms with E-state index in [0.29, 0.717) is 23.4 Å². The Balaban J connectivity index is 2.44. The fraction of sp³-hybridized carbons (Fsp3) is 0.308. The molecule has 0 saturated carbocycles. The Hall–Kier alpha value is -2.21. The molecule has 1 aromatic carbocycles. The second kappa shape index (κ2) is 5.19. The summed E-state index contributed by atoms with van der Waals surface area (Å²) in [6.45, 7) is 4.02. The van der Waals surface area contributed by atoms with Gasteiger partial charge >= 0.3 is 0 Å². The largest absolute Gasteiger partial charge is 0.394 e. The highest BCUT2D eigenvalue weighted by Gasteiger charge is 2.14. The fourth-order valence-corrected chi connectivity index (χ4v) is 1.94. The van der Waals surface area contributed by atoms with Gasteiger partial charge < -0.3 is 5.11 Å². The number of nitro benzene ring substituents is 1. The average Bonchev–Trinajstić information content (AvgIpc) is 2.72. The van der Waals surface area contributed by atoms with Crippen LogP contribution in [0.25, 0.3) is 11.3 Å². The maximum absolute atomic E-state index is 10.9. The maximum Gasteiger partial charge on any atom is 0.272 e. The zero-order valence-corrected chi connectivity index (χ0v) is 10.8. The van der Waals surface area contributed by atoms with Crippen molar-refractivity contribution in [2.45, 2.75) is 20.4 Å². The number of aryl methyl sites for hydroxylation is 2. The molecule has 0 aliphatic carbocycles. The molecular formula is C13H15N3O3. The molecule has 0 saturated heterocycles. The van der Waals surface area contributed by atoms with Crippen molar-refractivity contribution in [2.24, 2.45) is 0 Å². The number of hydrogen-bond donors (Lipinski definition) is 1. The molecule has 0 atom stereocenters. The van der Waals surface area contributed by atoms with E-state index in [0.717, 1.165) is 5.69 Å². The van der Waals surface area contributed by atoms with Crippen LogP contribution in [0.2, 0.25) is 0 Å². The zero-order chi connectivity index (χ0) is 14.0. The summed E-state index contributed by atoms with van der Waals surface area (Å²) in [4.78, 5) is 10.5. The quantitative estimate of drug-likeness (QED) is 0.674. The summed E-state index contributed by atoms with van der Waals surface area (Å²) in [5.74, 6) is 0. The predicted molar refractivity (Wildman–Crippen MR) is 70.9 cm³/mol. The first kappa shape index (κ1) is 13.2. The summed E-state index contributed by atoms with van der Waals surface area (Å²) < 4.78 is 1.68. The van der Waals surface area contributed by atoms with Gasteiger partial charge in [0.2, 0.25) is 0 Å². The van der Waals surface area contributed by atoms with Gasteiger partial charge in [-0.2, -0.15) is 5.10 Å². The second-order valence-electron chi connectivity index (χ2n) is 4.38. The van der Waals surface area contributed by atoms with E-state index in [1.807, 2.05) is 19.1 Å². The van der Waals surface area contributed by atoms with Crippen molar-refractivity contribution in [2.75, 3.05) is 6.61 Å². The van der Waals surface area contributed by atoms with Gasteiger partial charge in [0.05, 0.1) is 23.8 Å². The molecule has 0 radical (unpaired) electrons. The van der Waals surface area contributed by atoms with Crippen molar-refractivity contribution in [1.29, 1.82) is 0 Å². The summed E-state index contributed by atoms with van der Waals surface area (Å²) in [5.41, 5.74) is 3.01. The van der Waals surface area contributed by atoms with E-state index in [1.165, 1.54) is 6.07 Å². The molecule has 0 spiro atoms. The number of aliphatic hydroxyl groups is 1.